The number of carbonyl (C=O) groups excluding carboxylic acids is 2. The van der Waals surface area contributed by atoms with Gasteiger partial charge < -0.3 is 5.32 Å². The molecule has 4 heteroatoms. The first-order chi connectivity index (χ1) is 11.8. The van der Waals surface area contributed by atoms with E-state index in [4.69, 9.17) is 0 Å². The maximum atomic E-state index is 13.0. The van der Waals surface area contributed by atoms with E-state index in [0.717, 1.165) is 16.7 Å². The summed E-state index contributed by atoms with van der Waals surface area (Å²) in [6, 6.07) is 15.4. The number of benzene rings is 2. The van der Waals surface area contributed by atoms with E-state index in [1.165, 1.54) is 10.5 Å². The van der Waals surface area contributed by atoms with Crippen LogP contribution >= 0.6 is 0 Å². The molecule has 0 aliphatic carbocycles. The van der Waals surface area contributed by atoms with Crippen molar-refractivity contribution < 1.29 is 9.59 Å². The van der Waals surface area contributed by atoms with Crippen molar-refractivity contribution in [3.63, 3.8) is 0 Å². The lowest BCUT2D eigenvalue weighted by Gasteiger charge is -2.23. The highest BCUT2D eigenvalue weighted by molar-refractivity contribution is 6.07. The zero-order chi connectivity index (χ0) is 18.2. The first-order valence-corrected chi connectivity index (χ1v) is 8.62. The van der Waals surface area contributed by atoms with Gasteiger partial charge in [0.25, 0.3) is 5.91 Å². The fraction of sp³-hybridized carbons (Fsp3) is 0.333. The third-order valence-electron chi connectivity index (χ3n) is 5.02. The molecular formula is C21H24N2O2. The maximum Gasteiger partial charge on any atom is 0.325 e. The van der Waals surface area contributed by atoms with Crippen molar-refractivity contribution in [2.45, 2.75) is 45.7 Å². The van der Waals surface area contributed by atoms with Crippen molar-refractivity contribution >= 4 is 11.9 Å². The molecule has 0 aromatic heterocycles. The summed E-state index contributed by atoms with van der Waals surface area (Å²) < 4.78 is 0. The minimum Gasteiger partial charge on any atom is -0.319 e. The fourth-order valence-electron chi connectivity index (χ4n) is 3.20. The summed E-state index contributed by atoms with van der Waals surface area (Å²) in [5.41, 5.74) is 3.04. The topological polar surface area (TPSA) is 49.4 Å². The van der Waals surface area contributed by atoms with Crippen LogP contribution in [-0.4, -0.2) is 16.8 Å². The summed E-state index contributed by atoms with van der Waals surface area (Å²) in [6.07, 6.45) is 0. The van der Waals surface area contributed by atoms with E-state index < -0.39 is 5.54 Å². The van der Waals surface area contributed by atoms with Gasteiger partial charge in [-0.1, -0.05) is 62.4 Å². The zero-order valence-electron chi connectivity index (χ0n) is 15.2. The minimum absolute atomic E-state index is 0.210. The van der Waals surface area contributed by atoms with E-state index in [1.807, 2.05) is 55.5 Å². The summed E-state index contributed by atoms with van der Waals surface area (Å²) in [5, 5.41) is 2.87. The monoisotopic (exact) mass is 336 g/mol. The van der Waals surface area contributed by atoms with Gasteiger partial charge in [-0.05, 0) is 42.0 Å². The van der Waals surface area contributed by atoms with Crippen LogP contribution in [0.15, 0.2) is 48.5 Å². The van der Waals surface area contributed by atoms with E-state index in [2.05, 4.69) is 19.2 Å². The minimum atomic E-state index is -1.02. The number of imide groups is 1. The molecule has 1 fully saturated rings. The van der Waals surface area contributed by atoms with Crippen molar-refractivity contribution in [2.24, 2.45) is 0 Å². The molecule has 3 amide bonds. The fourth-order valence-corrected chi connectivity index (χ4v) is 3.20. The van der Waals surface area contributed by atoms with Crippen LogP contribution in [0.5, 0.6) is 0 Å². The molecule has 3 rings (SSSR count). The van der Waals surface area contributed by atoms with Crippen LogP contribution < -0.4 is 5.32 Å². The van der Waals surface area contributed by atoms with Gasteiger partial charge in [0.15, 0.2) is 0 Å². The second kappa shape index (κ2) is 6.36. The van der Waals surface area contributed by atoms with Gasteiger partial charge in [0.1, 0.15) is 5.54 Å². The summed E-state index contributed by atoms with van der Waals surface area (Å²) in [6.45, 7) is 8.30. The number of carbonyl (C=O) groups is 2. The predicted octanol–water partition coefficient (Wildman–Crippen LogP) is 4.09. The number of nitrogens with one attached hydrogen (secondary N) is 1. The highest BCUT2D eigenvalue weighted by atomic mass is 16.2. The van der Waals surface area contributed by atoms with Crippen molar-refractivity contribution in [1.82, 2.24) is 10.2 Å². The zero-order valence-corrected chi connectivity index (χ0v) is 15.2. The summed E-state index contributed by atoms with van der Waals surface area (Å²) in [4.78, 5) is 26.8. The molecule has 0 spiro atoms. The van der Waals surface area contributed by atoms with Gasteiger partial charge >= 0.3 is 6.03 Å². The summed E-state index contributed by atoms with van der Waals surface area (Å²) in [7, 11) is 0. The van der Waals surface area contributed by atoms with Crippen molar-refractivity contribution in [3.8, 4) is 0 Å². The summed E-state index contributed by atoms with van der Waals surface area (Å²) in [5.74, 6) is 0.214. The third kappa shape index (κ3) is 3.04. The lowest BCUT2D eigenvalue weighted by Crippen LogP contribution is -2.40. The first kappa shape index (κ1) is 17.2. The van der Waals surface area contributed by atoms with Crippen molar-refractivity contribution in [1.29, 1.82) is 0 Å². The molecule has 130 valence electrons. The number of amides is 3. The Hall–Kier alpha value is -2.62. The van der Waals surface area contributed by atoms with Crippen LogP contribution in [0.1, 0.15) is 48.9 Å². The predicted molar refractivity (Wildman–Crippen MR) is 98.1 cm³/mol. The summed E-state index contributed by atoms with van der Waals surface area (Å²) >= 11 is 0. The second-order valence-corrected chi connectivity index (χ2v) is 7.15. The van der Waals surface area contributed by atoms with Crippen LogP contribution in [0.2, 0.25) is 0 Å². The van der Waals surface area contributed by atoms with E-state index in [-0.39, 0.29) is 18.5 Å². The molecule has 1 unspecified atom stereocenters. The van der Waals surface area contributed by atoms with E-state index in [1.54, 1.807) is 6.92 Å². The van der Waals surface area contributed by atoms with Gasteiger partial charge in [-0.25, -0.2) is 4.79 Å². The number of hydrogen-bond donors (Lipinski definition) is 1. The number of nitrogens with zero attached hydrogens (tertiary/aromatic N) is 1. The maximum absolute atomic E-state index is 13.0. The average molecular weight is 336 g/mol. The highest BCUT2D eigenvalue weighted by Gasteiger charge is 2.48. The number of rotatable bonds is 4. The van der Waals surface area contributed by atoms with E-state index in [0.29, 0.717) is 5.92 Å². The Balaban J connectivity index is 1.88. The Morgan fingerprint density at radius 3 is 2.28 bits per heavy atom. The first-order valence-electron chi connectivity index (χ1n) is 8.62. The van der Waals surface area contributed by atoms with Crippen molar-refractivity contribution in [2.75, 3.05) is 0 Å². The van der Waals surface area contributed by atoms with Gasteiger partial charge in [0.05, 0.1) is 6.54 Å². The molecule has 1 atom stereocenters. The molecule has 2 aromatic rings. The van der Waals surface area contributed by atoms with Crippen LogP contribution in [0, 0.1) is 6.92 Å². The van der Waals surface area contributed by atoms with Gasteiger partial charge in [0, 0.05) is 0 Å². The molecule has 1 aliphatic rings. The molecule has 1 aliphatic heterocycles. The quantitative estimate of drug-likeness (QED) is 0.855. The van der Waals surface area contributed by atoms with Crippen LogP contribution in [0.3, 0.4) is 0 Å². The largest absolute Gasteiger partial charge is 0.325 e. The van der Waals surface area contributed by atoms with Gasteiger partial charge in [-0.15, -0.1) is 0 Å². The SMILES string of the molecule is Cc1ccccc1CN1C(=O)NC(C)(c2ccc(C(C)C)cc2)C1=O. The average Bonchev–Trinajstić information content (AvgIpc) is 2.81. The molecule has 1 N–H and O–H groups in total. The molecule has 0 saturated carbocycles. The standard InChI is InChI=1S/C21H24N2O2/c1-14(2)16-9-11-18(12-10-16)21(4)19(24)23(20(25)22-21)13-17-8-6-5-7-15(17)3/h5-12,14H,13H2,1-4H3,(H,22,25). The molecule has 1 heterocycles. The Morgan fingerprint density at radius 2 is 1.68 bits per heavy atom. The molecule has 1 saturated heterocycles. The van der Waals surface area contributed by atoms with Gasteiger partial charge in [0.2, 0.25) is 0 Å². The van der Waals surface area contributed by atoms with Crippen LogP contribution in [0.25, 0.3) is 0 Å². The molecule has 2 aromatic carbocycles. The van der Waals surface area contributed by atoms with E-state index >= 15 is 0 Å². The normalized spacial score (nSPS) is 20.3. The number of urea groups is 1. The highest BCUT2D eigenvalue weighted by Crippen LogP contribution is 2.31. The lowest BCUT2D eigenvalue weighted by molar-refractivity contribution is -0.131. The Labute approximate surface area is 148 Å². The van der Waals surface area contributed by atoms with Gasteiger partial charge in [-0.3, -0.25) is 9.69 Å². The molecule has 25 heavy (non-hydrogen) atoms. The number of hydrogen-bond acceptors (Lipinski definition) is 2. The van der Waals surface area contributed by atoms with Gasteiger partial charge in [-0.2, -0.15) is 0 Å². The van der Waals surface area contributed by atoms with Crippen LogP contribution in [0.4, 0.5) is 4.79 Å². The smallest absolute Gasteiger partial charge is 0.319 e. The third-order valence-corrected chi connectivity index (χ3v) is 5.02. The second-order valence-electron chi connectivity index (χ2n) is 7.15. The van der Waals surface area contributed by atoms with Crippen molar-refractivity contribution in [3.05, 3.63) is 70.8 Å². The molecule has 0 radical (unpaired) electrons. The lowest BCUT2D eigenvalue weighted by atomic mass is 9.90. The Bertz CT molecular complexity index is 811. The Kier molecular flexibility index (Phi) is 4.38. The molecular weight excluding hydrogens is 312 g/mol. The molecule has 4 nitrogen and oxygen atoms in total. The van der Waals surface area contributed by atoms with E-state index in [9.17, 15) is 9.59 Å². The number of aryl methyl sites for hydroxylation is 1. The van der Waals surface area contributed by atoms with Crippen LogP contribution in [-0.2, 0) is 16.9 Å². The molecule has 0 bridgehead atoms. The Morgan fingerprint density at radius 1 is 1.04 bits per heavy atom.